The minimum Gasteiger partial charge on any atom is -1.00 e. The Morgan fingerprint density at radius 2 is 0.957 bits per heavy atom. The summed E-state index contributed by atoms with van der Waals surface area (Å²) < 4.78 is 0. The van der Waals surface area contributed by atoms with Gasteiger partial charge in [-0.3, -0.25) is 0 Å². The van der Waals surface area contributed by atoms with Crippen molar-refractivity contribution in [2.24, 2.45) is 0 Å². The number of hydrogen-bond acceptors (Lipinski definition) is 5. The van der Waals surface area contributed by atoms with E-state index in [1.165, 1.54) is 12.1 Å². The Labute approximate surface area is 225 Å². The Kier molecular flexibility index (Phi) is 123. The van der Waals surface area contributed by atoms with Gasteiger partial charge in [0.1, 0.15) is 0 Å². The van der Waals surface area contributed by atoms with Crippen molar-refractivity contribution in [2.75, 3.05) is 6.51 Å². The molecule has 0 aromatic heterocycles. The Balaban J connectivity index is -0.0000000117. The quantitative estimate of drug-likeness (QED) is 0.377. The molecule has 0 saturated heterocycles. The Bertz CT molecular complexity index is 256. The molecule has 0 aliphatic carbocycles. The standard InChI is InChI=1S/C6H5BO2.CH2BO3.4CH3.5Mg.H/c8-7(9)6-4-2-1-3-5-6;3-1-2(4)5;;;;;;;;;;/h1-5H;1H2;4*1H3;;;;;;/q-2;-3;4*-1;5*+2;-1. The fourth-order valence-electron chi connectivity index (χ4n) is 0.610. The third kappa shape index (κ3) is 45.8. The molecule has 0 fully saturated rings. The van der Waals surface area contributed by atoms with Gasteiger partial charge in [-0.15, -0.1) is 12.6 Å². The van der Waals surface area contributed by atoms with Gasteiger partial charge in [0.05, 0.1) is 0 Å². The van der Waals surface area contributed by atoms with E-state index in [1.807, 2.05) is 0 Å². The second kappa shape index (κ2) is 44.4. The Hall–Kier alpha value is 2.98. The first-order valence-corrected chi connectivity index (χ1v) is 3.84. The molecule has 0 spiro atoms. The van der Waals surface area contributed by atoms with Crippen molar-refractivity contribution in [3.05, 3.63) is 60.0 Å². The van der Waals surface area contributed by atoms with E-state index in [9.17, 15) is 10.0 Å². The van der Waals surface area contributed by atoms with E-state index in [1.54, 1.807) is 18.2 Å². The van der Waals surface area contributed by atoms with Crippen LogP contribution in [-0.4, -0.2) is 136 Å². The summed E-state index contributed by atoms with van der Waals surface area (Å²) in [4.78, 5) is 0. The maximum atomic E-state index is 10.2. The fourth-order valence-corrected chi connectivity index (χ4v) is 0.610. The second-order valence-electron chi connectivity index (χ2n) is 2.34. The molecule has 0 radical (unpaired) electrons. The monoisotopic (exact) mass is 374 g/mol. The van der Waals surface area contributed by atoms with E-state index in [2.05, 4.69) is 0 Å². The van der Waals surface area contributed by atoms with Crippen molar-refractivity contribution in [3.8, 4) is 0 Å². The molecule has 0 atom stereocenters. The van der Waals surface area contributed by atoms with Gasteiger partial charge in [-0.1, -0.05) is 37.5 Å². The van der Waals surface area contributed by atoms with E-state index in [0.717, 1.165) is 0 Å². The largest absolute Gasteiger partial charge is 2.00 e. The van der Waals surface area contributed by atoms with E-state index in [4.69, 9.17) is 15.2 Å². The molecule has 0 amide bonds. The zero-order chi connectivity index (χ0) is 11.0. The molecule has 12 heteroatoms. The summed E-state index contributed by atoms with van der Waals surface area (Å²) in [5, 5.41) is 47.4. The van der Waals surface area contributed by atoms with Crippen LogP contribution in [0, 0.1) is 29.7 Å². The van der Waals surface area contributed by atoms with Crippen LogP contribution in [0.3, 0.4) is 0 Å². The molecule has 0 heterocycles. The maximum Gasteiger partial charge on any atom is 2.00 e. The van der Waals surface area contributed by atoms with Crippen LogP contribution in [0.25, 0.3) is 0 Å². The van der Waals surface area contributed by atoms with Crippen molar-refractivity contribution in [1.82, 2.24) is 0 Å². The molecule has 0 aliphatic rings. The summed E-state index contributed by atoms with van der Waals surface area (Å²) in [6.07, 6.45) is 0. The number of benzene rings is 1. The zero-order valence-electron chi connectivity index (χ0n) is 15.8. The average molecular weight is 375 g/mol. The summed E-state index contributed by atoms with van der Waals surface area (Å²) in [6, 6.07) is 8.19. The van der Waals surface area contributed by atoms with Gasteiger partial charge in [0, 0.05) is 0 Å². The van der Waals surface area contributed by atoms with Crippen molar-refractivity contribution in [3.63, 3.8) is 0 Å². The predicted molar refractivity (Wildman–Crippen MR) is 98.0 cm³/mol. The van der Waals surface area contributed by atoms with Crippen molar-refractivity contribution < 1.29 is 26.6 Å². The van der Waals surface area contributed by atoms with Gasteiger partial charge in [0.2, 0.25) is 0 Å². The topological polar surface area (TPSA) is 115 Å². The summed E-state index contributed by atoms with van der Waals surface area (Å²) in [5.41, 5.74) is 0.303. The van der Waals surface area contributed by atoms with E-state index in [0.29, 0.717) is 5.46 Å². The van der Waals surface area contributed by atoms with E-state index < -0.39 is 20.7 Å². The number of hydrogen-bond donors (Lipinski definition) is 0. The average Bonchev–Trinajstić information content (AvgIpc) is 2.20. The Morgan fingerprint density at radius 3 is 1.09 bits per heavy atom. The molecule has 5 nitrogen and oxygen atoms in total. The van der Waals surface area contributed by atoms with Crippen molar-refractivity contribution >= 4 is 135 Å². The molecule has 0 aliphatic heterocycles. The van der Waals surface area contributed by atoms with Crippen LogP contribution in [0.15, 0.2) is 30.3 Å². The van der Waals surface area contributed by atoms with Gasteiger partial charge in [-0.25, -0.2) is 6.51 Å². The van der Waals surface area contributed by atoms with Gasteiger partial charge in [0.25, 0.3) is 0 Å². The third-order valence-electron chi connectivity index (χ3n) is 1.21. The van der Waals surface area contributed by atoms with Gasteiger partial charge < -0.3 is 56.3 Å². The fraction of sp³-hybridized carbons (Fsp3) is 0.0909. The molecule has 0 saturated carbocycles. The minimum atomic E-state index is -2.17. The molecule has 110 valence electrons. The van der Waals surface area contributed by atoms with Crippen LogP contribution in [0.2, 0.25) is 0 Å². The van der Waals surface area contributed by atoms with Gasteiger partial charge in [0.15, 0.2) is 0 Å². The number of rotatable bonds is 2. The molecular weight excluding hydrogens is 355 g/mol. The molecule has 0 bridgehead atoms. The molecule has 1 aromatic carbocycles. The molecule has 1 aromatic rings. The summed E-state index contributed by atoms with van der Waals surface area (Å²) in [7, 11) is -4.01. The smallest absolute Gasteiger partial charge is 1.00 e. The predicted octanol–water partition coefficient (Wildman–Crippen LogP) is -5.79. The van der Waals surface area contributed by atoms with Crippen LogP contribution in [0.4, 0.5) is 0 Å². The van der Waals surface area contributed by atoms with Crippen molar-refractivity contribution in [2.45, 2.75) is 0 Å². The summed E-state index contributed by atoms with van der Waals surface area (Å²) in [5.74, 6) is 0. The molecule has 23 heavy (non-hydrogen) atoms. The molecule has 0 unspecified atom stereocenters. The summed E-state index contributed by atoms with van der Waals surface area (Å²) in [6.45, 7) is -1.06. The first kappa shape index (κ1) is 63.5. The summed E-state index contributed by atoms with van der Waals surface area (Å²) >= 11 is 0. The van der Waals surface area contributed by atoms with Gasteiger partial charge in [-0.2, -0.15) is 0 Å². The maximum absolute atomic E-state index is 10.2. The molecule has 0 N–H and O–H groups in total. The molecular formula is C11H20B2Mg5O5. The van der Waals surface area contributed by atoms with E-state index >= 15 is 0 Å². The second-order valence-corrected chi connectivity index (χ2v) is 2.34. The van der Waals surface area contributed by atoms with Crippen LogP contribution < -0.4 is 30.7 Å². The normalized spacial score (nSPS) is 5.26. The third-order valence-corrected chi connectivity index (χ3v) is 1.21. The van der Waals surface area contributed by atoms with Gasteiger partial charge >= 0.3 is 115 Å². The van der Waals surface area contributed by atoms with Crippen LogP contribution >= 0.6 is 0 Å². The first-order valence-electron chi connectivity index (χ1n) is 3.84. The molecule has 1 rings (SSSR count). The minimum absolute atomic E-state index is 0. The SMILES string of the molecule is [CH3-].[CH3-].[CH3-].[CH3-].[H-].[Mg+2].[Mg+2].[Mg+2].[Mg+2].[Mg+2].[O-]B([O-])c1ccccc1.[O-]CB([O-])[O-]. The van der Waals surface area contributed by atoms with Crippen LogP contribution in [-0.2, 0) is 0 Å². The van der Waals surface area contributed by atoms with Crippen LogP contribution in [0.5, 0.6) is 0 Å². The Morgan fingerprint density at radius 1 is 0.696 bits per heavy atom. The first-order chi connectivity index (χ1) is 6.57. The van der Waals surface area contributed by atoms with Gasteiger partial charge in [-0.05, 0) is 0 Å². The van der Waals surface area contributed by atoms with Crippen molar-refractivity contribution in [1.29, 1.82) is 0 Å². The van der Waals surface area contributed by atoms with Crippen LogP contribution in [0.1, 0.15) is 1.43 Å². The van der Waals surface area contributed by atoms with E-state index in [-0.39, 0.29) is 146 Å². The zero-order valence-corrected chi connectivity index (χ0v) is 21.9.